The van der Waals surface area contributed by atoms with Gasteiger partial charge in [-0.05, 0) is 25.7 Å². The predicted octanol–water partition coefficient (Wildman–Crippen LogP) is 1.35. The molecule has 0 radical (unpaired) electrons. The van der Waals surface area contributed by atoms with Gasteiger partial charge in [0.05, 0.1) is 0 Å². The number of hydrogen-bond donors (Lipinski definition) is 1. The molecule has 0 aliphatic rings. The topological polar surface area (TPSA) is 60.4 Å². The summed E-state index contributed by atoms with van der Waals surface area (Å²) in [6, 6.07) is 0. The number of carbonyl (C=O) groups is 1. The van der Waals surface area contributed by atoms with Gasteiger partial charge in [0.1, 0.15) is 0 Å². The van der Waals surface area contributed by atoms with E-state index >= 15 is 0 Å². The second kappa shape index (κ2) is 18.5. The Labute approximate surface area is 157 Å². The van der Waals surface area contributed by atoms with Crippen molar-refractivity contribution < 1.29 is 44.6 Å². The summed E-state index contributed by atoms with van der Waals surface area (Å²) in [4.78, 5) is 10.3. The summed E-state index contributed by atoms with van der Waals surface area (Å²) in [6.45, 7) is 2.08. The van der Waals surface area contributed by atoms with Gasteiger partial charge in [0.2, 0.25) is 0 Å². The Bertz CT molecular complexity index is 346. The van der Waals surface area contributed by atoms with Crippen molar-refractivity contribution in [3.8, 4) is 0 Å². The van der Waals surface area contributed by atoms with Crippen molar-refractivity contribution >= 4 is 5.97 Å². The van der Waals surface area contributed by atoms with Crippen molar-refractivity contribution in [2.45, 2.75) is 71.1 Å². The van der Waals surface area contributed by atoms with Crippen molar-refractivity contribution in [2.24, 2.45) is 0 Å². The Morgan fingerprint density at radius 1 is 0.955 bits per heavy atom. The number of aliphatic carboxylic acids is 1. The Morgan fingerprint density at radius 3 is 2.32 bits per heavy atom. The first kappa shape index (κ1) is 23.8. The minimum Gasteiger partial charge on any atom is -0.875 e. The van der Waals surface area contributed by atoms with E-state index in [0.29, 0.717) is 6.42 Å². The predicted molar refractivity (Wildman–Crippen MR) is 85.8 cm³/mol. The molecule has 0 rings (SSSR count). The standard InChI is InChI=1S/C18H30O3.Na/c1-2-3-14-17(19)15-12-10-8-6-4-5-7-9-11-13-16-18(20)21;/h6,8,10,12,15,19H,2-5,7,9,11,13-14,16H2,1H3,(H,20,21);/q;+1/p-1/b8-6+,12-10+,17-15-;. The number of allylic oxidation sites excluding steroid dienone is 6. The van der Waals surface area contributed by atoms with E-state index in [9.17, 15) is 9.90 Å². The molecule has 1 N–H and O–H groups in total. The molecule has 0 aromatic heterocycles. The minimum atomic E-state index is -0.699. The Balaban J connectivity index is 0. The number of carboxylic acid groups (broad SMARTS) is 1. The molecule has 0 fully saturated rings. The average Bonchev–Trinajstić information content (AvgIpc) is 2.45. The van der Waals surface area contributed by atoms with Crippen LogP contribution >= 0.6 is 0 Å². The second-order valence-corrected chi connectivity index (χ2v) is 5.25. The summed E-state index contributed by atoms with van der Waals surface area (Å²) >= 11 is 0. The van der Waals surface area contributed by atoms with Crippen LogP contribution in [0.2, 0.25) is 0 Å². The molecule has 0 spiro atoms. The van der Waals surface area contributed by atoms with Crippen LogP contribution in [-0.2, 0) is 4.79 Å². The van der Waals surface area contributed by atoms with Crippen LogP contribution in [0.3, 0.4) is 0 Å². The summed E-state index contributed by atoms with van der Waals surface area (Å²) < 4.78 is 0. The van der Waals surface area contributed by atoms with Crippen molar-refractivity contribution in [3.05, 3.63) is 36.1 Å². The molecular formula is C18H29NaO3. The molecule has 0 heterocycles. The first-order valence-electron chi connectivity index (χ1n) is 8.08. The van der Waals surface area contributed by atoms with E-state index in [1.54, 1.807) is 12.2 Å². The zero-order chi connectivity index (χ0) is 15.8. The van der Waals surface area contributed by atoms with Gasteiger partial charge in [-0.25, -0.2) is 0 Å². The summed E-state index contributed by atoms with van der Waals surface area (Å²) in [5.74, 6) is -0.502. The quantitative estimate of drug-likeness (QED) is 0.241. The summed E-state index contributed by atoms with van der Waals surface area (Å²) in [6.07, 6.45) is 18.6. The van der Waals surface area contributed by atoms with E-state index in [2.05, 4.69) is 13.0 Å². The molecule has 0 unspecified atom stereocenters. The van der Waals surface area contributed by atoms with Crippen LogP contribution in [0.4, 0.5) is 0 Å². The number of unbranched alkanes of at least 4 members (excludes halogenated alkanes) is 6. The minimum absolute atomic E-state index is 0. The average molecular weight is 316 g/mol. The fraction of sp³-hybridized carbons (Fsp3) is 0.611. The molecular weight excluding hydrogens is 287 g/mol. The zero-order valence-electron chi connectivity index (χ0n) is 14.2. The molecule has 22 heavy (non-hydrogen) atoms. The molecule has 0 amide bonds. The molecule has 3 nitrogen and oxygen atoms in total. The number of rotatable bonds is 13. The van der Waals surface area contributed by atoms with Crippen molar-refractivity contribution in [2.75, 3.05) is 0 Å². The number of hydrogen-bond acceptors (Lipinski definition) is 2. The largest absolute Gasteiger partial charge is 1.00 e. The van der Waals surface area contributed by atoms with Gasteiger partial charge in [-0.15, -0.1) is 5.76 Å². The third-order valence-electron chi connectivity index (χ3n) is 3.18. The fourth-order valence-corrected chi connectivity index (χ4v) is 1.90. The van der Waals surface area contributed by atoms with E-state index in [-0.39, 0.29) is 41.7 Å². The van der Waals surface area contributed by atoms with Crippen molar-refractivity contribution in [3.63, 3.8) is 0 Å². The molecule has 4 heteroatoms. The third-order valence-corrected chi connectivity index (χ3v) is 3.18. The molecule has 120 valence electrons. The van der Waals surface area contributed by atoms with Crippen LogP contribution in [0.25, 0.3) is 0 Å². The van der Waals surface area contributed by atoms with Crippen LogP contribution in [0.5, 0.6) is 0 Å². The molecule has 0 aromatic carbocycles. The van der Waals surface area contributed by atoms with Gasteiger partial charge in [0, 0.05) is 6.42 Å². The first-order valence-corrected chi connectivity index (χ1v) is 8.08. The van der Waals surface area contributed by atoms with E-state index < -0.39 is 5.97 Å². The summed E-state index contributed by atoms with van der Waals surface area (Å²) in [7, 11) is 0. The van der Waals surface area contributed by atoms with Gasteiger partial charge in [0.15, 0.2) is 0 Å². The van der Waals surface area contributed by atoms with Crippen molar-refractivity contribution in [1.29, 1.82) is 0 Å². The number of carboxylic acids is 1. The molecule has 0 bridgehead atoms. The fourth-order valence-electron chi connectivity index (χ4n) is 1.90. The van der Waals surface area contributed by atoms with E-state index in [1.165, 1.54) is 0 Å². The van der Waals surface area contributed by atoms with Gasteiger partial charge < -0.3 is 10.2 Å². The normalized spacial score (nSPS) is 12.0. The van der Waals surface area contributed by atoms with Gasteiger partial charge in [-0.2, -0.15) is 0 Å². The van der Waals surface area contributed by atoms with Gasteiger partial charge in [-0.1, -0.05) is 69.4 Å². The van der Waals surface area contributed by atoms with Crippen molar-refractivity contribution in [1.82, 2.24) is 0 Å². The Morgan fingerprint density at radius 2 is 1.64 bits per heavy atom. The van der Waals surface area contributed by atoms with Crippen LogP contribution in [0.15, 0.2) is 36.1 Å². The van der Waals surface area contributed by atoms with E-state index in [0.717, 1.165) is 51.4 Å². The molecule has 0 aliphatic carbocycles. The van der Waals surface area contributed by atoms with Gasteiger partial charge >= 0.3 is 35.5 Å². The maximum atomic E-state index is 11.3. The zero-order valence-corrected chi connectivity index (χ0v) is 16.2. The molecule has 0 atom stereocenters. The monoisotopic (exact) mass is 316 g/mol. The van der Waals surface area contributed by atoms with E-state index in [4.69, 9.17) is 5.11 Å². The maximum Gasteiger partial charge on any atom is 1.00 e. The molecule has 0 aromatic rings. The van der Waals surface area contributed by atoms with Crippen LogP contribution in [0, 0.1) is 0 Å². The van der Waals surface area contributed by atoms with Crippen LogP contribution in [-0.4, -0.2) is 11.1 Å². The summed E-state index contributed by atoms with van der Waals surface area (Å²) in [5, 5.41) is 19.8. The smallest absolute Gasteiger partial charge is 0.875 e. The van der Waals surface area contributed by atoms with Crippen LogP contribution < -0.4 is 34.7 Å². The van der Waals surface area contributed by atoms with Gasteiger partial charge in [0.25, 0.3) is 0 Å². The van der Waals surface area contributed by atoms with Gasteiger partial charge in [-0.3, -0.25) is 4.79 Å². The maximum absolute atomic E-state index is 11.3. The third kappa shape index (κ3) is 19.5. The molecule has 0 saturated carbocycles. The Kier molecular flexibility index (Phi) is 20.0. The van der Waals surface area contributed by atoms with E-state index in [1.807, 2.05) is 12.2 Å². The Hall–Kier alpha value is -0.510. The second-order valence-electron chi connectivity index (χ2n) is 5.25. The molecule has 0 aliphatic heterocycles. The summed E-state index contributed by atoms with van der Waals surface area (Å²) in [5.41, 5.74) is 0. The SMILES string of the molecule is CCCC/C([O-])=C/C=C/C=C/CCCCCCCC(=O)O.[Na+]. The first-order chi connectivity index (χ1) is 10.2. The van der Waals surface area contributed by atoms with Crippen LogP contribution in [0.1, 0.15) is 71.1 Å². The molecule has 0 saturated heterocycles.